The highest BCUT2D eigenvalue weighted by Gasteiger charge is 2.24. The molecule has 1 atom stereocenters. The molecule has 1 unspecified atom stereocenters. The van der Waals surface area contributed by atoms with Gasteiger partial charge in [0.2, 0.25) is 11.8 Å². The molecule has 0 saturated carbocycles. The molecule has 0 spiro atoms. The van der Waals surface area contributed by atoms with E-state index in [9.17, 15) is 4.79 Å². The number of hydrogen-bond acceptors (Lipinski definition) is 5. The molecule has 2 N–H and O–H groups in total. The molecule has 6 heteroatoms. The van der Waals surface area contributed by atoms with Gasteiger partial charge in [0.1, 0.15) is 5.76 Å². The summed E-state index contributed by atoms with van der Waals surface area (Å²) in [6.45, 7) is 5.80. The lowest BCUT2D eigenvalue weighted by Crippen LogP contribution is -2.46. The molecule has 2 rings (SSSR count). The van der Waals surface area contributed by atoms with Crippen LogP contribution in [-0.4, -0.2) is 28.1 Å². The molecular formula is C16H22N2O3S. The summed E-state index contributed by atoms with van der Waals surface area (Å²) in [6.07, 6.45) is 1.48. The Morgan fingerprint density at radius 1 is 1.55 bits per heavy atom. The van der Waals surface area contributed by atoms with Gasteiger partial charge in [-0.3, -0.25) is 4.79 Å². The van der Waals surface area contributed by atoms with Gasteiger partial charge in [0.15, 0.2) is 0 Å². The lowest BCUT2D eigenvalue weighted by atomic mass is 9.94. The molecule has 120 valence electrons. The minimum Gasteiger partial charge on any atom is -0.440 e. The predicted octanol–water partition coefficient (Wildman–Crippen LogP) is 2.92. The van der Waals surface area contributed by atoms with Crippen molar-refractivity contribution in [2.24, 2.45) is 0 Å². The Morgan fingerprint density at radius 2 is 2.32 bits per heavy atom. The third-order valence-corrected chi connectivity index (χ3v) is 4.70. The molecule has 0 aliphatic rings. The van der Waals surface area contributed by atoms with Crippen LogP contribution in [0.4, 0.5) is 0 Å². The number of aliphatic hydroxyl groups is 1. The number of thiophene rings is 1. The summed E-state index contributed by atoms with van der Waals surface area (Å²) in [5.41, 5.74) is 0.267. The summed E-state index contributed by atoms with van der Waals surface area (Å²) in [6, 6.07) is 3.88. The van der Waals surface area contributed by atoms with E-state index in [0.29, 0.717) is 23.8 Å². The largest absolute Gasteiger partial charge is 0.440 e. The van der Waals surface area contributed by atoms with Gasteiger partial charge in [-0.2, -0.15) is 0 Å². The molecule has 22 heavy (non-hydrogen) atoms. The molecule has 0 saturated heterocycles. The predicted molar refractivity (Wildman–Crippen MR) is 86.8 cm³/mol. The highest BCUT2D eigenvalue weighted by molar-refractivity contribution is 7.13. The zero-order chi connectivity index (χ0) is 16.2. The smallest absolute Gasteiger partial charge is 0.236 e. The first-order valence-electron chi connectivity index (χ1n) is 7.39. The molecule has 0 fully saturated rings. The zero-order valence-corrected chi connectivity index (χ0v) is 14.0. The molecule has 2 aromatic heterocycles. The van der Waals surface area contributed by atoms with E-state index in [2.05, 4.69) is 10.3 Å². The Bertz CT molecular complexity index is 621. The van der Waals surface area contributed by atoms with E-state index in [1.54, 1.807) is 11.3 Å². The molecule has 0 radical (unpaired) electrons. The van der Waals surface area contributed by atoms with Crippen LogP contribution in [0.2, 0.25) is 0 Å². The minimum absolute atomic E-state index is 0.0517. The molecule has 5 nitrogen and oxygen atoms in total. The summed E-state index contributed by atoms with van der Waals surface area (Å²) in [7, 11) is 0. The SMILES string of the molecule is CCC(C)(CCO)NC(=O)Cc1nc(-c2cccs2)oc1C. The van der Waals surface area contributed by atoms with Crippen LogP contribution in [0.5, 0.6) is 0 Å². The second-order valence-electron chi connectivity index (χ2n) is 5.61. The highest BCUT2D eigenvalue weighted by Crippen LogP contribution is 2.26. The molecule has 2 heterocycles. The van der Waals surface area contributed by atoms with Crippen LogP contribution in [0, 0.1) is 6.92 Å². The molecular weight excluding hydrogens is 300 g/mol. The summed E-state index contributed by atoms with van der Waals surface area (Å²) >= 11 is 1.55. The van der Waals surface area contributed by atoms with Crippen molar-refractivity contribution < 1.29 is 14.3 Å². The number of oxazole rings is 1. The summed E-state index contributed by atoms with van der Waals surface area (Å²) in [5, 5.41) is 14.1. The first-order chi connectivity index (χ1) is 10.5. The molecule has 0 aliphatic carbocycles. The standard InChI is InChI=1S/C16H22N2O3S/c1-4-16(3,7-8-19)18-14(20)10-12-11(2)21-15(17-12)13-6-5-9-22-13/h5-6,9,19H,4,7-8,10H2,1-3H3,(H,18,20). The number of aliphatic hydroxyl groups excluding tert-OH is 1. The molecule has 1 amide bonds. The van der Waals surface area contributed by atoms with Gasteiger partial charge < -0.3 is 14.8 Å². The summed E-state index contributed by atoms with van der Waals surface area (Å²) in [4.78, 5) is 17.6. The van der Waals surface area contributed by atoms with Crippen LogP contribution in [0.1, 0.15) is 38.1 Å². The molecule has 0 aliphatic heterocycles. The zero-order valence-electron chi connectivity index (χ0n) is 13.2. The Labute approximate surface area is 134 Å². The van der Waals surface area contributed by atoms with Crippen LogP contribution in [0.3, 0.4) is 0 Å². The van der Waals surface area contributed by atoms with E-state index in [4.69, 9.17) is 9.52 Å². The van der Waals surface area contributed by atoms with Crippen molar-refractivity contribution in [3.63, 3.8) is 0 Å². The van der Waals surface area contributed by atoms with Gasteiger partial charge in [-0.15, -0.1) is 11.3 Å². The Balaban J connectivity index is 2.06. The van der Waals surface area contributed by atoms with Crippen molar-refractivity contribution in [2.45, 2.75) is 45.6 Å². The van der Waals surface area contributed by atoms with Crippen molar-refractivity contribution in [1.29, 1.82) is 0 Å². The number of carbonyl (C=O) groups is 1. The third kappa shape index (κ3) is 3.96. The van der Waals surface area contributed by atoms with Crippen molar-refractivity contribution in [2.75, 3.05) is 6.61 Å². The quantitative estimate of drug-likeness (QED) is 0.822. The van der Waals surface area contributed by atoms with E-state index in [1.165, 1.54) is 0 Å². The van der Waals surface area contributed by atoms with Crippen LogP contribution in [0.15, 0.2) is 21.9 Å². The summed E-state index contributed by atoms with van der Waals surface area (Å²) in [5.74, 6) is 1.12. The number of nitrogens with zero attached hydrogens (tertiary/aromatic N) is 1. The van der Waals surface area contributed by atoms with Gasteiger partial charge in [-0.25, -0.2) is 4.98 Å². The van der Waals surface area contributed by atoms with Gasteiger partial charge >= 0.3 is 0 Å². The number of aryl methyl sites for hydroxylation is 1. The Kier molecular flexibility index (Phi) is 5.37. The van der Waals surface area contributed by atoms with E-state index in [0.717, 1.165) is 11.3 Å². The van der Waals surface area contributed by atoms with Crippen molar-refractivity contribution in [1.82, 2.24) is 10.3 Å². The second-order valence-corrected chi connectivity index (χ2v) is 6.56. The first-order valence-corrected chi connectivity index (χ1v) is 8.27. The minimum atomic E-state index is -0.389. The fraction of sp³-hybridized carbons (Fsp3) is 0.500. The maximum atomic E-state index is 12.2. The average Bonchev–Trinajstić information content (AvgIpc) is 3.09. The second kappa shape index (κ2) is 7.07. The van der Waals surface area contributed by atoms with Gasteiger partial charge in [0.25, 0.3) is 0 Å². The topological polar surface area (TPSA) is 75.4 Å². The lowest BCUT2D eigenvalue weighted by Gasteiger charge is -2.28. The van der Waals surface area contributed by atoms with Gasteiger partial charge in [0.05, 0.1) is 17.0 Å². The Hall–Kier alpha value is -1.66. The number of nitrogens with one attached hydrogen (secondary N) is 1. The number of amides is 1. The van der Waals surface area contributed by atoms with Crippen molar-refractivity contribution in [3.8, 4) is 10.8 Å². The van der Waals surface area contributed by atoms with E-state index < -0.39 is 0 Å². The number of rotatable bonds is 7. The molecule has 0 bridgehead atoms. The van der Waals surface area contributed by atoms with Crippen molar-refractivity contribution >= 4 is 17.2 Å². The number of aromatic nitrogens is 1. The van der Waals surface area contributed by atoms with Crippen molar-refractivity contribution in [3.05, 3.63) is 29.0 Å². The Morgan fingerprint density at radius 3 is 2.91 bits per heavy atom. The van der Waals surface area contributed by atoms with E-state index in [-0.39, 0.29) is 24.5 Å². The third-order valence-electron chi connectivity index (χ3n) is 3.84. The number of carbonyl (C=O) groups excluding carboxylic acids is 1. The van der Waals surface area contributed by atoms with Crippen LogP contribution in [-0.2, 0) is 11.2 Å². The monoisotopic (exact) mass is 322 g/mol. The molecule has 0 aromatic carbocycles. The molecule has 2 aromatic rings. The van der Waals surface area contributed by atoms with Crippen LogP contribution >= 0.6 is 11.3 Å². The van der Waals surface area contributed by atoms with Gasteiger partial charge in [-0.05, 0) is 38.1 Å². The van der Waals surface area contributed by atoms with E-state index >= 15 is 0 Å². The van der Waals surface area contributed by atoms with E-state index in [1.807, 2.05) is 38.3 Å². The fourth-order valence-electron chi connectivity index (χ4n) is 2.20. The highest BCUT2D eigenvalue weighted by atomic mass is 32.1. The van der Waals surface area contributed by atoms with Crippen LogP contribution < -0.4 is 5.32 Å². The summed E-state index contributed by atoms with van der Waals surface area (Å²) < 4.78 is 5.64. The average molecular weight is 322 g/mol. The maximum Gasteiger partial charge on any atom is 0.236 e. The lowest BCUT2D eigenvalue weighted by molar-refractivity contribution is -0.122. The van der Waals surface area contributed by atoms with Gasteiger partial charge in [0, 0.05) is 12.1 Å². The first kappa shape index (κ1) is 16.7. The van der Waals surface area contributed by atoms with Crippen LogP contribution in [0.25, 0.3) is 10.8 Å². The normalized spacial score (nSPS) is 13.8. The van der Waals surface area contributed by atoms with Gasteiger partial charge in [-0.1, -0.05) is 13.0 Å². The number of hydrogen-bond donors (Lipinski definition) is 2. The maximum absolute atomic E-state index is 12.2. The fourth-order valence-corrected chi connectivity index (χ4v) is 2.85.